The molecule has 2 aliphatic rings. The second kappa shape index (κ2) is 4.07. The number of ether oxygens (including phenoxy) is 1. The SMILES string of the molecule is FC(F)(F)Oc1ccc2c(c1)C(C1CCC1)CN2. The number of nitrogens with one attached hydrogen (secondary N) is 1. The normalized spacial score (nSPS) is 23.2. The van der Waals surface area contributed by atoms with Gasteiger partial charge in [-0.25, -0.2) is 0 Å². The molecule has 3 rings (SSSR count). The highest BCUT2D eigenvalue weighted by Crippen LogP contribution is 2.46. The van der Waals surface area contributed by atoms with E-state index in [1.165, 1.54) is 31.4 Å². The number of benzene rings is 1. The number of alkyl halides is 3. The molecule has 1 aliphatic heterocycles. The molecular formula is C13H14F3NO. The molecule has 1 aliphatic carbocycles. The van der Waals surface area contributed by atoms with Gasteiger partial charge in [0.15, 0.2) is 0 Å². The molecule has 1 atom stereocenters. The molecule has 0 radical (unpaired) electrons. The summed E-state index contributed by atoms with van der Waals surface area (Å²) >= 11 is 0. The van der Waals surface area contributed by atoms with Crippen molar-refractivity contribution in [2.45, 2.75) is 31.5 Å². The second-order valence-corrected chi connectivity index (χ2v) is 4.98. The van der Waals surface area contributed by atoms with E-state index in [4.69, 9.17) is 0 Å². The smallest absolute Gasteiger partial charge is 0.406 e. The molecule has 1 aromatic carbocycles. The monoisotopic (exact) mass is 257 g/mol. The quantitative estimate of drug-likeness (QED) is 0.867. The van der Waals surface area contributed by atoms with E-state index in [2.05, 4.69) is 10.1 Å². The summed E-state index contributed by atoms with van der Waals surface area (Å²) in [5, 5.41) is 3.25. The first kappa shape index (κ1) is 11.7. The van der Waals surface area contributed by atoms with E-state index in [0.29, 0.717) is 11.8 Å². The standard InChI is InChI=1S/C13H14F3NO/c14-13(15,16)18-9-4-5-12-10(6-9)11(7-17-12)8-2-1-3-8/h4-6,8,11,17H,1-3,7H2. The van der Waals surface area contributed by atoms with Crippen molar-refractivity contribution in [1.29, 1.82) is 0 Å². The van der Waals surface area contributed by atoms with Crippen LogP contribution in [0.15, 0.2) is 18.2 Å². The van der Waals surface area contributed by atoms with Gasteiger partial charge < -0.3 is 10.1 Å². The Morgan fingerprint density at radius 1 is 1.22 bits per heavy atom. The van der Waals surface area contributed by atoms with Crippen molar-refractivity contribution in [2.75, 3.05) is 11.9 Å². The number of rotatable bonds is 2. The van der Waals surface area contributed by atoms with Gasteiger partial charge in [0.2, 0.25) is 0 Å². The minimum absolute atomic E-state index is 0.116. The fourth-order valence-corrected chi connectivity index (χ4v) is 2.80. The molecule has 0 spiro atoms. The van der Waals surface area contributed by atoms with Crippen LogP contribution in [0.1, 0.15) is 30.7 Å². The van der Waals surface area contributed by atoms with E-state index in [-0.39, 0.29) is 5.75 Å². The van der Waals surface area contributed by atoms with Gasteiger partial charge in [0.05, 0.1) is 0 Å². The first-order chi connectivity index (χ1) is 8.53. The van der Waals surface area contributed by atoms with Gasteiger partial charge in [0.1, 0.15) is 5.75 Å². The highest BCUT2D eigenvalue weighted by atomic mass is 19.4. The van der Waals surface area contributed by atoms with Gasteiger partial charge in [-0.05, 0) is 42.5 Å². The molecule has 18 heavy (non-hydrogen) atoms. The Morgan fingerprint density at radius 2 is 2.00 bits per heavy atom. The van der Waals surface area contributed by atoms with Crippen LogP contribution in [0, 0.1) is 5.92 Å². The zero-order valence-corrected chi connectivity index (χ0v) is 9.76. The highest BCUT2D eigenvalue weighted by Gasteiger charge is 2.35. The molecule has 1 saturated carbocycles. The summed E-state index contributed by atoms with van der Waals surface area (Å²) in [6.07, 6.45) is -1.03. The second-order valence-electron chi connectivity index (χ2n) is 4.98. The molecule has 1 aromatic rings. The van der Waals surface area contributed by atoms with Crippen LogP contribution in [0.5, 0.6) is 5.75 Å². The number of hydrogen-bond donors (Lipinski definition) is 1. The van der Waals surface area contributed by atoms with Gasteiger partial charge in [0.25, 0.3) is 0 Å². The summed E-state index contributed by atoms with van der Waals surface area (Å²) in [7, 11) is 0. The van der Waals surface area contributed by atoms with E-state index < -0.39 is 6.36 Å². The zero-order valence-electron chi connectivity index (χ0n) is 9.76. The predicted molar refractivity (Wildman–Crippen MR) is 61.7 cm³/mol. The van der Waals surface area contributed by atoms with Crippen molar-refractivity contribution >= 4 is 5.69 Å². The Kier molecular flexibility index (Phi) is 2.64. The molecule has 0 bridgehead atoms. The van der Waals surface area contributed by atoms with Crippen molar-refractivity contribution in [3.63, 3.8) is 0 Å². The van der Waals surface area contributed by atoms with E-state index >= 15 is 0 Å². The molecule has 0 amide bonds. The number of anilines is 1. The third-order valence-corrected chi connectivity index (χ3v) is 3.89. The maximum absolute atomic E-state index is 12.2. The highest BCUT2D eigenvalue weighted by molar-refractivity contribution is 5.60. The molecule has 1 unspecified atom stereocenters. The minimum Gasteiger partial charge on any atom is -0.406 e. The Hall–Kier alpha value is -1.39. The summed E-state index contributed by atoms with van der Waals surface area (Å²) < 4.78 is 40.5. The fourth-order valence-electron chi connectivity index (χ4n) is 2.80. The number of hydrogen-bond acceptors (Lipinski definition) is 2. The summed E-state index contributed by atoms with van der Waals surface area (Å²) in [6, 6.07) is 4.57. The lowest BCUT2D eigenvalue weighted by Crippen LogP contribution is -2.21. The molecule has 1 N–H and O–H groups in total. The van der Waals surface area contributed by atoms with Gasteiger partial charge in [-0.15, -0.1) is 13.2 Å². The Labute approximate surface area is 103 Å². The van der Waals surface area contributed by atoms with E-state index in [1.54, 1.807) is 6.07 Å². The molecule has 0 aromatic heterocycles. The first-order valence-electron chi connectivity index (χ1n) is 6.16. The van der Waals surface area contributed by atoms with Gasteiger partial charge in [-0.1, -0.05) is 6.42 Å². The fraction of sp³-hybridized carbons (Fsp3) is 0.538. The largest absolute Gasteiger partial charge is 0.573 e. The molecule has 1 fully saturated rings. The molecule has 5 heteroatoms. The zero-order chi connectivity index (χ0) is 12.8. The van der Waals surface area contributed by atoms with Crippen molar-refractivity contribution in [1.82, 2.24) is 0 Å². The Bertz CT molecular complexity index is 454. The molecule has 2 nitrogen and oxygen atoms in total. The summed E-state index contributed by atoms with van der Waals surface area (Å²) in [6.45, 7) is 0.829. The van der Waals surface area contributed by atoms with Gasteiger partial charge in [0, 0.05) is 18.2 Å². The maximum atomic E-state index is 12.2. The third-order valence-electron chi connectivity index (χ3n) is 3.89. The minimum atomic E-state index is -4.62. The molecular weight excluding hydrogens is 243 g/mol. The van der Waals surface area contributed by atoms with Crippen LogP contribution in [0.4, 0.5) is 18.9 Å². The van der Waals surface area contributed by atoms with Crippen LogP contribution in [-0.4, -0.2) is 12.9 Å². The summed E-state index contributed by atoms with van der Waals surface area (Å²) in [4.78, 5) is 0. The van der Waals surface area contributed by atoms with Crippen molar-refractivity contribution in [2.24, 2.45) is 5.92 Å². The Balaban J connectivity index is 1.84. The lowest BCUT2D eigenvalue weighted by atomic mass is 9.74. The topological polar surface area (TPSA) is 21.3 Å². The van der Waals surface area contributed by atoms with Crippen LogP contribution >= 0.6 is 0 Å². The summed E-state index contributed by atoms with van der Waals surface area (Å²) in [5.74, 6) is 0.833. The molecule has 1 heterocycles. The van der Waals surface area contributed by atoms with Crippen LogP contribution < -0.4 is 10.1 Å². The van der Waals surface area contributed by atoms with Crippen molar-refractivity contribution in [3.8, 4) is 5.75 Å². The summed E-state index contributed by atoms with van der Waals surface area (Å²) in [5.41, 5.74) is 1.92. The van der Waals surface area contributed by atoms with Crippen molar-refractivity contribution in [3.05, 3.63) is 23.8 Å². The molecule has 0 saturated heterocycles. The van der Waals surface area contributed by atoms with E-state index in [9.17, 15) is 13.2 Å². The number of fused-ring (bicyclic) bond motifs is 1. The first-order valence-corrected chi connectivity index (χ1v) is 6.16. The lowest BCUT2D eigenvalue weighted by molar-refractivity contribution is -0.274. The van der Waals surface area contributed by atoms with E-state index in [0.717, 1.165) is 17.8 Å². The molecule has 98 valence electrons. The van der Waals surface area contributed by atoms with E-state index in [1.807, 2.05) is 0 Å². The van der Waals surface area contributed by atoms with Crippen LogP contribution in [0.3, 0.4) is 0 Å². The third kappa shape index (κ3) is 2.13. The maximum Gasteiger partial charge on any atom is 0.573 e. The van der Waals surface area contributed by atoms with Gasteiger partial charge in [-0.3, -0.25) is 0 Å². The number of halogens is 3. The van der Waals surface area contributed by atoms with Crippen LogP contribution in [-0.2, 0) is 0 Å². The van der Waals surface area contributed by atoms with Gasteiger partial charge >= 0.3 is 6.36 Å². The van der Waals surface area contributed by atoms with Gasteiger partial charge in [-0.2, -0.15) is 0 Å². The Morgan fingerprint density at radius 3 is 2.61 bits per heavy atom. The average Bonchev–Trinajstić information content (AvgIpc) is 2.57. The predicted octanol–water partition coefficient (Wildman–Crippen LogP) is 3.89. The average molecular weight is 257 g/mol. The van der Waals surface area contributed by atoms with Crippen molar-refractivity contribution < 1.29 is 17.9 Å². The van der Waals surface area contributed by atoms with Crippen LogP contribution in [0.2, 0.25) is 0 Å². The van der Waals surface area contributed by atoms with Crippen LogP contribution in [0.25, 0.3) is 0 Å². The lowest BCUT2D eigenvalue weighted by Gasteiger charge is -2.31.